The summed E-state index contributed by atoms with van der Waals surface area (Å²) >= 11 is 0. The van der Waals surface area contributed by atoms with Crippen LogP contribution in [0.2, 0.25) is 0 Å². The smallest absolute Gasteiger partial charge is 0.224 e. The van der Waals surface area contributed by atoms with Crippen molar-refractivity contribution >= 4 is 5.91 Å². The van der Waals surface area contributed by atoms with Crippen LogP contribution in [0.4, 0.5) is 0 Å². The Morgan fingerprint density at radius 3 is 2.25 bits per heavy atom. The summed E-state index contributed by atoms with van der Waals surface area (Å²) in [6.07, 6.45) is 2.75. The summed E-state index contributed by atoms with van der Waals surface area (Å²) in [5, 5.41) is 0. The number of nitrogens with zero attached hydrogens (tertiary/aromatic N) is 1. The fourth-order valence-electron chi connectivity index (χ4n) is 2.32. The normalized spacial score (nSPS) is 19.2. The molecule has 1 saturated heterocycles. The second kappa shape index (κ2) is 5.17. The van der Waals surface area contributed by atoms with E-state index < -0.39 is 0 Å². The topological polar surface area (TPSA) is 46.3 Å². The number of nitrogens with two attached hydrogens (primary N) is 1. The van der Waals surface area contributed by atoms with Gasteiger partial charge in [-0.1, -0.05) is 13.8 Å². The van der Waals surface area contributed by atoms with Crippen molar-refractivity contribution < 1.29 is 4.79 Å². The van der Waals surface area contributed by atoms with Crippen LogP contribution in [0.15, 0.2) is 0 Å². The second-order valence-corrected chi connectivity index (χ2v) is 6.13. The van der Waals surface area contributed by atoms with Crippen LogP contribution in [0, 0.1) is 11.8 Å². The Hall–Kier alpha value is -0.570. The molecular formula is C13H26N2O. The average Bonchev–Trinajstić information content (AvgIpc) is 2.15. The molecule has 1 aliphatic heterocycles. The van der Waals surface area contributed by atoms with Gasteiger partial charge in [-0.25, -0.2) is 0 Å². The van der Waals surface area contributed by atoms with Gasteiger partial charge in [-0.15, -0.1) is 0 Å². The minimum absolute atomic E-state index is 0.217. The maximum absolute atomic E-state index is 11.9. The quantitative estimate of drug-likeness (QED) is 0.800. The van der Waals surface area contributed by atoms with Crippen LogP contribution in [-0.2, 0) is 4.79 Å². The van der Waals surface area contributed by atoms with Crippen molar-refractivity contribution in [1.29, 1.82) is 0 Å². The van der Waals surface area contributed by atoms with Gasteiger partial charge in [0, 0.05) is 25.0 Å². The maximum Gasteiger partial charge on any atom is 0.224 e. The number of hydrogen-bond acceptors (Lipinski definition) is 2. The molecule has 1 aliphatic rings. The van der Waals surface area contributed by atoms with E-state index in [0.29, 0.717) is 6.42 Å². The molecule has 1 heterocycles. The lowest BCUT2D eigenvalue weighted by Crippen LogP contribution is -2.44. The Kier molecular flexibility index (Phi) is 4.36. The molecule has 0 bridgehead atoms. The molecule has 94 valence electrons. The summed E-state index contributed by atoms with van der Waals surface area (Å²) in [5.74, 6) is 1.74. The number of hydrogen-bond donors (Lipinski definition) is 1. The van der Waals surface area contributed by atoms with Crippen molar-refractivity contribution in [2.45, 2.75) is 52.5 Å². The van der Waals surface area contributed by atoms with Gasteiger partial charge >= 0.3 is 0 Å². The van der Waals surface area contributed by atoms with E-state index >= 15 is 0 Å². The van der Waals surface area contributed by atoms with Gasteiger partial charge in [0.1, 0.15) is 0 Å². The lowest BCUT2D eigenvalue weighted by atomic mass is 9.86. The molecule has 1 fully saturated rings. The lowest BCUT2D eigenvalue weighted by molar-refractivity contribution is -0.133. The molecule has 3 heteroatoms. The summed E-state index contributed by atoms with van der Waals surface area (Å²) in [7, 11) is 0. The third-order valence-corrected chi connectivity index (χ3v) is 3.44. The predicted octanol–water partition coefficient (Wildman–Crippen LogP) is 2.01. The van der Waals surface area contributed by atoms with Crippen LogP contribution < -0.4 is 5.73 Å². The highest BCUT2D eigenvalue weighted by molar-refractivity contribution is 5.77. The van der Waals surface area contributed by atoms with Crippen LogP contribution >= 0.6 is 0 Å². The first-order chi connectivity index (χ1) is 7.29. The van der Waals surface area contributed by atoms with Crippen molar-refractivity contribution in [2.24, 2.45) is 17.6 Å². The molecule has 2 N–H and O–H groups in total. The van der Waals surface area contributed by atoms with Gasteiger partial charge in [0.15, 0.2) is 0 Å². The number of amides is 1. The van der Waals surface area contributed by atoms with E-state index in [0.717, 1.165) is 37.8 Å². The molecule has 0 atom stereocenters. The fourth-order valence-corrected chi connectivity index (χ4v) is 2.32. The molecular weight excluding hydrogens is 200 g/mol. The number of carbonyl (C=O) groups excluding carboxylic acids is 1. The molecule has 0 aliphatic carbocycles. The van der Waals surface area contributed by atoms with Crippen LogP contribution in [-0.4, -0.2) is 29.4 Å². The molecule has 0 aromatic heterocycles. The number of likely N-dealkylation sites (tertiary alicyclic amines) is 1. The van der Waals surface area contributed by atoms with Crippen molar-refractivity contribution in [3.05, 3.63) is 0 Å². The summed E-state index contributed by atoms with van der Waals surface area (Å²) in [6.45, 7) is 10.2. The first-order valence-corrected chi connectivity index (χ1v) is 6.36. The van der Waals surface area contributed by atoms with Crippen molar-refractivity contribution in [3.63, 3.8) is 0 Å². The van der Waals surface area contributed by atoms with E-state index in [2.05, 4.69) is 13.8 Å². The van der Waals surface area contributed by atoms with Crippen LogP contribution in [0.5, 0.6) is 0 Å². The summed E-state index contributed by atoms with van der Waals surface area (Å²) in [4.78, 5) is 13.9. The monoisotopic (exact) mass is 226 g/mol. The number of carbonyl (C=O) groups is 1. The zero-order valence-electron chi connectivity index (χ0n) is 11.1. The minimum atomic E-state index is -0.383. The second-order valence-electron chi connectivity index (χ2n) is 6.13. The molecule has 1 rings (SSSR count). The summed E-state index contributed by atoms with van der Waals surface area (Å²) in [5.41, 5.74) is 5.49. The molecule has 0 aromatic carbocycles. The van der Waals surface area contributed by atoms with Gasteiger partial charge < -0.3 is 10.6 Å². The highest BCUT2D eigenvalue weighted by atomic mass is 16.2. The van der Waals surface area contributed by atoms with Crippen molar-refractivity contribution in [1.82, 2.24) is 4.90 Å². The minimum Gasteiger partial charge on any atom is -0.343 e. The number of rotatable bonds is 3. The van der Waals surface area contributed by atoms with Crippen molar-refractivity contribution in [3.8, 4) is 0 Å². The van der Waals surface area contributed by atoms with Gasteiger partial charge in [-0.05, 0) is 38.5 Å². The molecule has 16 heavy (non-hydrogen) atoms. The van der Waals surface area contributed by atoms with E-state index in [1.165, 1.54) is 0 Å². The van der Waals surface area contributed by atoms with E-state index in [1.807, 2.05) is 18.7 Å². The Bertz CT molecular complexity index is 235. The Labute approximate surface area is 99.4 Å². The molecule has 0 spiro atoms. The molecule has 0 radical (unpaired) electrons. The molecule has 1 amide bonds. The molecule has 3 nitrogen and oxygen atoms in total. The molecule has 0 unspecified atom stereocenters. The first-order valence-electron chi connectivity index (χ1n) is 6.36. The van der Waals surface area contributed by atoms with Gasteiger partial charge in [-0.2, -0.15) is 0 Å². The van der Waals surface area contributed by atoms with E-state index in [1.54, 1.807) is 0 Å². The van der Waals surface area contributed by atoms with Gasteiger partial charge in [0.25, 0.3) is 0 Å². The summed E-state index contributed by atoms with van der Waals surface area (Å²) < 4.78 is 0. The van der Waals surface area contributed by atoms with Crippen molar-refractivity contribution in [2.75, 3.05) is 13.1 Å². The Balaban J connectivity index is 2.39. The van der Waals surface area contributed by atoms with Crippen LogP contribution in [0.1, 0.15) is 47.0 Å². The highest BCUT2D eigenvalue weighted by Gasteiger charge is 2.26. The van der Waals surface area contributed by atoms with Gasteiger partial charge in [-0.3, -0.25) is 4.79 Å². The number of piperidine rings is 1. The zero-order chi connectivity index (χ0) is 12.3. The summed E-state index contributed by atoms with van der Waals surface area (Å²) in [6, 6.07) is 0. The third-order valence-electron chi connectivity index (χ3n) is 3.44. The van der Waals surface area contributed by atoms with E-state index in [4.69, 9.17) is 5.73 Å². The van der Waals surface area contributed by atoms with E-state index in [9.17, 15) is 4.79 Å². The largest absolute Gasteiger partial charge is 0.343 e. The Morgan fingerprint density at radius 1 is 1.38 bits per heavy atom. The average molecular weight is 226 g/mol. The van der Waals surface area contributed by atoms with Crippen LogP contribution in [0.3, 0.4) is 0 Å². The van der Waals surface area contributed by atoms with Crippen LogP contribution in [0.25, 0.3) is 0 Å². The molecule has 0 saturated carbocycles. The zero-order valence-corrected chi connectivity index (χ0v) is 11.1. The lowest BCUT2D eigenvalue weighted by Gasteiger charge is -2.35. The maximum atomic E-state index is 11.9. The fraction of sp³-hybridized carbons (Fsp3) is 0.923. The van der Waals surface area contributed by atoms with Gasteiger partial charge in [0.2, 0.25) is 5.91 Å². The Morgan fingerprint density at radius 2 is 1.88 bits per heavy atom. The van der Waals surface area contributed by atoms with E-state index in [-0.39, 0.29) is 11.4 Å². The first kappa shape index (κ1) is 13.5. The molecule has 0 aromatic rings. The highest BCUT2D eigenvalue weighted by Crippen LogP contribution is 2.25. The third kappa shape index (κ3) is 4.12. The SMILES string of the molecule is CC(C)C1CCN(C(=O)CC(C)(C)N)CC1. The standard InChI is InChI=1S/C13H26N2O/c1-10(2)11-5-7-15(8-6-11)12(16)9-13(3,4)14/h10-11H,5-9,14H2,1-4H3. The predicted molar refractivity (Wildman–Crippen MR) is 67.0 cm³/mol. The van der Waals surface area contributed by atoms with Gasteiger partial charge in [0.05, 0.1) is 0 Å².